The fourth-order valence-electron chi connectivity index (χ4n) is 2.07. The largest absolute Gasteiger partial charge is 0.368 e. The molecule has 0 bridgehead atoms. The molecule has 2 rings (SSSR count). The Labute approximate surface area is 108 Å². The first-order valence-corrected chi connectivity index (χ1v) is 6.48. The molecule has 18 heavy (non-hydrogen) atoms. The Hall–Kier alpha value is -1.23. The van der Waals surface area contributed by atoms with Crippen molar-refractivity contribution in [2.45, 2.75) is 58.0 Å². The fourth-order valence-corrected chi connectivity index (χ4v) is 2.07. The lowest BCUT2D eigenvalue weighted by Crippen LogP contribution is -2.34. The molecule has 0 amide bonds. The van der Waals surface area contributed by atoms with Crippen LogP contribution in [0, 0.1) is 0 Å². The summed E-state index contributed by atoms with van der Waals surface area (Å²) in [7, 11) is 0. The SMILES string of the molecule is CC(C)(C)c1nc(N)nc(C2(C)CCCCO2)n1. The van der Waals surface area contributed by atoms with Gasteiger partial charge in [-0.15, -0.1) is 0 Å². The van der Waals surface area contributed by atoms with E-state index in [0.717, 1.165) is 31.7 Å². The molecule has 0 saturated carbocycles. The summed E-state index contributed by atoms with van der Waals surface area (Å²) in [5.41, 5.74) is 5.24. The molecule has 5 nitrogen and oxygen atoms in total. The quantitative estimate of drug-likeness (QED) is 0.826. The first-order chi connectivity index (χ1) is 8.31. The fraction of sp³-hybridized carbons (Fsp3) is 0.769. The zero-order valence-corrected chi connectivity index (χ0v) is 11.7. The number of nitrogen functional groups attached to an aromatic ring is 1. The summed E-state index contributed by atoms with van der Waals surface area (Å²) in [5.74, 6) is 1.67. The van der Waals surface area contributed by atoms with Crippen LogP contribution in [0.1, 0.15) is 58.6 Å². The van der Waals surface area contributed by atoms with Crippen molar-refractivity contribution in [1.29, 1.82) is 0 Å². The molecule has 0 spiro atoms. The van der Waals surface area contributed by atoms with Gasteiger partial charge in [0.1, 0.15) is 11.4 Å². The number of rotatable bonds is 1. The summed E-state index contributed by atoms with van der Waals surface area (Å²) in [6.07, 6.45) is 3.16. The summed E-state index contributed by atoms with van der Waals surface area (Å²) in [6.45, 7) is 8.99. The molecule has 1 fully saturated rings. The lowest BCUT2D eigenvalue weighted by Gasteiger charge is -2.33. The van der Waals surface area contributed by atoms with Gasteiger partial charge in [-0.05, 0) is 26.2 Å². The second kappa shape index (κ2) is 4.46. The molecular weight excluding hydrogens is 228 g/mol. The van der Waals surface area contributed by atoms with Gasteiger partial charge in [-0.2, -0.15) is 9.97 Å². The third-order valence-electron chi connectivity index (χ3n) is 3.27. The highest BCUT2D eigenvalue weighted by Gasteiger charge is 2.34. The van der Waals surface area contributed by atoms with Gasteiger partial charge in [0, 0.05) is 12.0 Å². The van der Waals surface area contributed by atoms with Crippen LogP contribution in [0.25, 0.3) is 0 Å². The number of hydrogen-bond acceptors (Lipinski definition) is 5. The minimum atomic E-state index is -0.421. The van der Waals surface area contributed by atoms with Crippen LogP contribution < -0.4 is 5.73 Å². The van der Waals surface area contributed by atoms with Crippen LogP contribution in [0.4, 0.5) is 5.95 Å². The minimum absolute atomic E-state index is 0.142. The molecule has 0 aliphatic carbocycles. The number of hydrogen-bond donors (Lipinski definition) is 1. The molecule has 0 radical (unpaired) electrons. The lowest BCUT2D eigenvalue weighted by molar-refractivity contribution is -0.0763. The Kier molecular flexibility index (Phi) is 3.27. The smallest absolute Gasteiger partial charge is 0.223 e. The zero-order valence-electron chi connectivity index (χ0n) is 11.7. The van der Waals surface area contributed by atoms with Crippen LogP contribution in [0.5, 0.6) is 0 Å². The second-order valence-corrected chi connectivity index (χ2v) is 6.13. The summed E-state index contributed by atoms with van der Waals surface area (Å²) in [5, 5.41) is 0. The first kappa shape index (κ1) is 13.2. The van der Waals surface area contributed by atoms with E-state index in [-0.39, 0.29) is 11.4 Å². The van der Waals surface area contributed by atoms with Gasteiger partial charge >= 0.3 is 0 Å². The van der Waals surface area contributed by atoms with E-state index >= 15 is 0 Å². The van der Waals surface area contributed by atoms with Gasteiger partial charge < -0.3 is 10.5 Å². The van der Waals surface area contributed by atoms with Gasteiger partial charge in [0.25, 0.3) is 0 Å². The second-order valence-electron chi connectivity index (χ2n) is 6.13. The standard InChI is InChI=1S/C13H22N4O/c1-12(2,3)9-15-10(17-11(14)16-9)13(4)7-5-6-8-18-13/h5-8H2,1-4H3,(H2,14,15,16,17). The van der Waals surface area contributed by atoms with Crippen molar-refractivity contribution in [3.05, 3.63) is 11.6 Å². The number of nitrogens with two attached hydrogens (primary N) is 1. The molecule has 1 unspecified atom stereocenters. The predicted molar refractivity (Wildman–Crippen MR) is 70.1 cm³/mol. The Morgan fingerprint density at radius 1 is 1.17 bits per heavy atom. The van der Waals surface area contributed by atoms with Crippen LogP contribution in [-0.2, 0) is 15.8 Å². The van der Waals surface area contributed by atoms with E-state index in [1.165, 1.54) is 0 Å². The molecular formula is C13H22N4O. The molecule has 1 aromatic heterocycles. The van der Waals surface area contributed by atoms with Crippen LogP contribution in [0.15, 0.2) is 0 Å². The van der Waals surface area contributed by atoms with E-state index in [0.29, 0.717) is 5.82 Å². The van der Waals surface area contributed by atoms with Crippen molar-refractivity contribution in [2.24, 2.45) is 0 Å². The number of ether oxygens (including phenoxy) is 1. The molecule has 1 aliphatic rings. The number of aromatic nitrogens is 3. The van der Waals surface area contributed by atoms with Crippen LogP contribution in [0.2, 0.25) is 0 Å². The Bertz CT molecular complexity index is 433. The molecule has 1 aliphatic heterocycles. The average molecular weight is 250 g/mol. The van der Waals surface area contributed by atoms with Gasteiger partial charge in [-0.1, -0.05) is 20.8 Å². The van der Waals surface area contributed by atoms with Crippen molar-refractivity contribution >= 4 is 5.95 Å². The minimum Gasteiger partial charge on any atom is -0.368 e. The summed E-state index contributed by atoms with van der Waals surface area (Å²) in [4.78, 5) is 13.1. The van der Waals surface area contributed by atoms with E-state index in [1.807, 2.05) is 6.92 Å². The van der Waals surface area contributed by atoms with E-state index in [2.05, 4.69) is 35.7 Å². The van der Waals surface area contributed by atoms with E-state index in [1.54, 1.807) is 0 Å². The monoisotopic (exact) mass is 250 g/mol. The summed E-state index contributed by atoms with van der Waals surface area (Å²) >= 11 is 0. The molecule has 2 N–H and O–H groups in total. The van der Waals surface area contributed by atoms with Gasteiger partial charge in [0.15, 0.2) is 5.82 Å². The van der Waals surface area contributed by atoms with Gasteiger partial charge in [0.2, 0.25) is 5.95 Å². The first-order valence-electron chi connectivity index (χ1n) is 6.48. The molecule has 0 aromatic carbocycles. The van der Waals surface area contributed by atoms with Crippen molar-refractivity contribution in [3.63, 3.8) is 0 Å². The maximum atomic E-state index is 5.87. The predicted octanol–water partition coefficient (Wildman–Crippen LogP) is 2.17. The number of anilines is 1. The van der Waals surface area contributed by atoms with Crippen LogP contribution in [0.3, 0.4) is 0 Å². The Balaban J connectivity index is 2.41. The van der Waals surface area contributed by atoms with E-state index in [9.17, 15) is 0 Å². The van der Waals surface area contributed by atoms with Crippen molar-refractivity contribution in [1.82, 2.24) is 15.0 Å². The summed E-state index contributed by atoms with van der Waals surface area (Å²) in [6, 6.07) is 0. The maximum absolute atomic E-state index is 5.87. The molecule has 5 heteroatoms. The van der Waals surface area contributed by atoms with Crippen molar-refractivity contribution < 1.29 is 4.74 Å². The average Bonchev–Trinajstić information content (AvgIpc) is 2.28. The third kappa shape index (κ3) is 2.61. The van der Waals surface area contributed by atoms with E-state index in [4.69, 9.17) is 10.5 Å². The maximum Gasteiger partial charge on any atom is 0.223 e. The van der Waals surface area contributed by atoms with Crippen molar-refractivity contribution in [2.75, 3.05) is 12.3 Å². The van der Waals surface area contributed by atoms with Gasteiger partial charge in [-0.25, -0.2) is 4.98 Å². The molecule has 1 aromatic rings. The molecule has 100 valence electrons. The van der Waals surface area contributed by atoms with Crippen LogP contribution >= 0.6 is 0 Å². The molecule has 2 heterocycles. The number of nitrogens with zero attached hydrogens (tertiary/aromatic N) is 3. The normalized spacial score (nSPS) is 25.1. The highest BCUT2D eigenvalue weighted by Crippen LogP contribution is 2.33. The highest BCUT2D eigenvalue weighted by atomic mass is 16.5. The Morgan fingerprint density at radius 3 is 2.44 bits per heavy atom. The molecule has 1 saturated heterocycles. The van der Waals surface area contributed by atoms with Gasteiger partial charge in [-0.3, -0.25) is 0 Å². The van der Waals surface area contributed by atoms with E-state index < -0.39 is 5.60 Å². The summed E-state index contributed by atoms with van der Waals surface area (Å²) < 4.78 is 5.87. The topological polar surface area (TPSA) is 73.9 Å². The van der Waals surface area contributed by atoms with Gasteiger partial charge in [0.05, 0.1) is 0 Å². The van der Waals surface area contributed by atoms with Crippen molar-refractivity contribution in [3.8, 4) is 0 Å². The Morgan fingerprint density at radius 2 is 1.89 bits per heavy atom. The zero-order chi connectivity index (χ0) is 13.4. The lowest BCUT2D eigenvalue weighted by atomic mass is 9.93. The van der Waals surface area contributed by atoms with Crippen LogP contribution in [-0.4, -0.2) is 21.6 Å². The third-order valence-corrected chi connectivity index (χ3v) is 3.27. The highest BCUT2D eigenvalue weighted by molar-refractivity contribution is 5.21. The molecule has 1 atom stereocenters.